The standard InChI is InChI=1S/C14H14N4/c15-8-7-11-1-3-12(4-2-11)13-5-6-14-16-9-10-18(14)17-13/h1-6,9-10H,7-8,15H2. The maximum Gasteiger partial charge on any atom is 0.153 e. The third kappa shape index (κ3) is 1.98. The van der Waals surface area contributed by atoms with Gasteiger partial charge in [-0.3, -0.25) is 0 Å². The summed E-state index contributed by atoms with van der Waals surface area (Å²) in [5, 5.41) is 4.51. The van der Waals surface area contributed by atoms with Crippen molar-refractivity contribution in [3.63, 3.8) is 0 Å². The molecule has 0 radical (unpaired) electrons. The van der Waals surface area contributed by atoms with Gasteiger partial charge in [-0.05, 0) is 30.7 Å². The quantitative estimate of drug-likeness (QED) is 0.758. The van der Waals surface area contributed by atoms with Gasteiger partial charge < -0.3 is 5.73 Å². The molecule has 2 heterocycles. The highest BCUT2D eigenvalue weighted by atomic mass is 15.2. The predicted molar refractivity (Wildman–Crippen MR) is 71.2 cm³/mol. The Kier molecular flexibility index (Phi) is 2.78. The second-order valence-corrected chi connectivity index (χ2v) is 4.18. The van der Waals surface area contributed by atoms with Crippen molar-refractivity contribution in [2.75, 3.05) is 6.54 Å². The van der Waals surface area contributed by atoms with Crippen LogP contribution in [0, 0.1) is 0 Å². The number of fused-ring (bicyclic) bond motifs is 1. The fourth-order valence-electron chi connectivity index (χ4n) is 1.98. The molecule has 0 aliphatic rings. The van der Waals surface area contributed by atoms with Gasteiger partial charge in [-0.1, -0.05) is 24.3 Å². The number of rotatable bonds is 3. The number of aromatic nitrogens is 3. The summed E-state index contributed by atoms with van der Waals surface area (Å²) in [5.41, 5.74) is 9.70. The van der Waals surface area contributed by atoms with Gasteiger partial charge in [0.2, 0.25) is 0 Å². The molecular weight excluding hydrogens is 224 g/mol. The lowest BCUT2D eigenvalue weighted by atomic mass is 10.1. The van der Waals surface area contributed by atoms with Crippen LogP contribution in [0.3, 0.4) is 0 Å². The Bertz CT molecular complexity index is 655. The van der Waals surface area contributed by atoms with Crippen LogP contribution in [0.25, 0.3) is 16.9 Å². The van der Waals surface area contributed by atoms with Crippen molar-refractivity contribution in [2.45, 2.75) is 6.42 Å². The SMILES string of the molecule is NCCc1ccc(-c2ccc3nccn3n2)cc1. The number of hydrogen-bond donors (Lipinski definition) is 1. The lowest BCUT2D eigenvalue weighted by Crippen LogP contribution is -2.02. The van der Waals surface area contributed by atoms with Crippen LogP contribution < -0.4 is 5.73 Å². The molecule has 90 valence electrons. The molecule has 0 aliphatic carbocycles. The number of benzene rings is 1. The van der Waals surface area contributed by atoms with Crippen LogP contribution in [0.1, 0.15) is 5.56 Å². The van der Waals surface area contributed by atoms with Crippen molar-refractivity contribution < 1.29 is 0 Å². The Hall–Kier alpha value is -2.20. The Balaban J connectivity index is 1.97. The molecule has 4 nitrogen and oxygen atoms in total. The van der Waals surface area contributed by atoms with Gasteiger partial charge in [0.05, 0.1) is 5.69 Å². The van der Waals surface area contributed by atoms with Gasteiger partial charge in [0.25, 0.3) is 0 Å². The predicted octanol–water partition coefficient (Wildman–Crippen LogP) is 1.90. The van der Waals surface area contributed by atoms with Gasteiger partial charge in [-0.2, -0.15) is 5.10 Å². The van der Waals surface area contributed by atoms with Crippen LogP contribution in [0.4, 0.5) is 0 Å². The van der Waals surface area contributed by atoms with E-state index in [4.69, 9.17) is 5.73 Å². The van der Waals surface area contributed by atoms with Crippen LogP contribution in [-0.4, -0.2) is 21.1 Å². The highest BCUT2D eigenvalue weighted by Crippen LogP contribution is 2.17. The molecule has 0 aliphatic heterocycles. The van der Waals surface area contributed by atoms with Gasteiger partial charge in [-0.25, -0.2) is 9.50 Å². The van der Waals surface area contributed by atoms with Gasteiger partial charge in [0.1, 0.15) is 0 Å². The first-order valence-electron chi connectivity index (χ1n) is 5.96. The Morgan fingerprint density at radius 2 is 1.89 bits per heavy atom. The summed E-state index contributed by atoms with van der Waals surface area (Å²) >= 11 is 0. The molecule has 3 aromatic rings. The highest BCUT2D eigenvalue weighted by molar-refractivity contribution is 5.60. The van der Waals surface area contributed by atoms with Gasteiger partial charge in [-0.15, -0.1) is 0 Å². The number of nitrogens with two attached hydrogens (primary N) is 1. The van der Waals surface area contributed by atoms with E-state index >= 15 is 0 Å². The summed E-state index contributed by atoms with van der Waals surface area (Å²) in [7, 11) is 0. The van der Waals surface area contributed by atoms with E-state index in [0.717, 1.165) is 23.3 Å². The molecule has 0 saturated heterocycles. The van der Waals surface area contributed by atoms with Gasteiger partial charge >= 0.3 is 0 Å². The first kappa shape index (κ1) is 10.9. The molecule has 2 N–H and O–H groups in total. The maximum atomic E-state index is 5.54. The fourth-order valence-corrected chi connectivity index (χ4v) is 1.98. The minimum Gasteiger partial charge on any atom is -0.330 e. The molecular formula is C14H14N4. The van der Waals surface area contributed by atoms with Crippen LogP contribution in [0.15, 0.2) is 48.8 Å². The Morgan fingerprint density at radius 3 is 2.67 bits per heavy atom. The molecule has 4 heteroatoms. The number of hydrogen-bond acceptors (Lipinski definition) is 3. The average Bonchev–Trinajstić information content (AvgIpc) is 2.87. The van der Waals surface area contributed by atoms with E-state index in [2.05, 4.69) is 34.3 Å². The minimum absolute atomic E-state index is 0.679. The maximum absolute atomic E-state index is 5.54. The van der Waals surface area contributed by atoms with Crippen molar-refractivity contribution in [3.05, 3.63) is 54.4 Å². The first-order chi connectivity index (χ1) is 8.86. The lowest BCUT2D eigenvalue weighted by Gasteiger charge is -2.03. The molecule has 0 fully saturated rings. The normalized spacial score (nSPS) is 10.9. The third-order valence-corrected chi connectivity index (χ3v) is 2.94. The van der Waals surface area contributed by atoms with Crippen LogP contribution in [-0.2, 0) is 6.42 Å². The summed E-state index contributed by atoms with van der Waals surface area (Å²) in [6.45, 7) is 0.679. The zero-order chi connectivity index (χ0) is 12.4. The highest BCUT2D eigenvalue weighted by Gasteiger charge is 2.02. The molecule has 0 unspecified atom stereocenters. The average molecular weight is 238 g/mol. The van der Waals surface area contributed by atoms with Crippen LogP contribution >= 0.6 is 0 Å². The monoisotopic (exact) mass is 238 g/mol. The fraction of sp³-hybridized carbons (Fsp3) is 0.143. The topological polar surface area (TPSA) is 56.2 Å². The summed E-state index contributed by atoms with van der Waals surface area (Å²) < 4.78 is 1.78. The number of imidazole rings is 1. The van der Waals surface area contributed by atoms with E-state index in [1.54, 1.807) is 10.7 Å². The van der Waals surface area contributed by atoms with E-state index in [-0.39, 0.29) is 0 Å². The van der Waals surface area contributed by atoms with E-state index in [1.807, 2.05) is 18.3 Å². The smallest absolute Gasteiger partial charge is 0.153 e. The largest absolute Gasteiger partial charge is 0.330 e. The van der Waals surface area contributed by atoms with Gasteiger partial charge in [0, 0.05) is 18.0 Å². The number of nitrogens with zero attached hydrogens (tertiary/aromatic N) is 3. The van der Waals surface area contributed by atoms with E-state index < -0.39 is 0 Å². The van der Waals surface area contributed by atoms with Crippen molar-refractivity contribution in [1.29, 1.82) is 0 Å². The van der Waals surface area contributed by atoms with Crippen molar-refractivity contribution in [2.24, 2.45) is 5.73 Å². The molecule has 0 saturated carbocycles. The Labute approximate surface area is 105 Å². The van der Waals surface area contributed by atoms with E-state index in [1.165, 1.54) is 5.56 Å². The second-order valence-electron chi connectivity index (χ2n) is 4.18. The van der Waals surface area contributed by atoms with E-state index in [0.29, 0.717) is 6.54 Å². The third-order valence-electron chi connectivity index (χ3n) is 2.94. The van der Waals surface area contributed by atoms with Crippen LogP contribution in [0.2, 0.25) is 0 Å². The molecule has 0 bridgehead atoms. The lowest BCUT2D eigenvalue weighted by molar-refractivity contribution is 0.941. The van der Waals surface area contributed by atoms with Crippen molar-refractivity contribution in [1.82, 2.24) is 14.6 Å². The zero-order valence-corrected chi connectivity index (χ0v) is 9.95. The molecule has 3 rings (SSSR count). The molecule has 1 aromatic carbocycles. The van der Waals surface area contributed by atoms with Crippen molar-refractivity contribution in [3.8, 4) is 11.3 Å². The molecule has 0 atom stereocenters. The van der Waals surface area contributed by atoms with Gasteiger partial charge in [0.15, 0.2) is 5.65 Å². The van der Waals surface area contributed by atoms with Crippen LogP contribution in [0.5, 0.6) is 0 Å². The van der Waals surface area contributed by atoms with E-state index in [9.17, 15) is 0 Å². The van der Waals surface area contributed by atoms with Crippen molar-refractivity contribution >= 4 is 5.65 Å². The molecule has 0 amide bonds. The summed E-state index contributed by atoms with van der Waals surface area (Å²) in [6.07, 6.45) is 4.51. The Morgan fingerprint density at radius 1 is 1.06 bits per heavy atom. The second kappa shape index (κ2) is 4.58. The first-order valence-corrected chi connectivity index (χ1v) is 5.96. The summed E-state index contributed by atoms with van der Waals surface area (Å²) in [5.74, 6) is 0. The zero-order valence-electron chi connectivity index (χ0n) is 9.95. The molecule has 0 spiro atoms. The minimum atomic E-state index is 0.679. The summed E-state index contributed by atoms with van der Waals surface area (Å²) in [6, 6.07) is 12.3. The molecule has 18 heavy (non-hydrogen) atoms. The molecule has 2 aromatic heterocycles. The summed E-state index contributed by atoms with van der Waals surface area (Å²) in [4.78, 5) is 4.18.